The lowest BCUT2D eigenvalue weighted by atomic mass is 10.0. The fourth-order valence-electron chi connectivity index (χ4n) is 1.21. The van der Waals surface area contributed by atoms with Crippen molar-refractivity contribution < 1.29 is 0 Å². The molecule has 1 heterocycles. The minimum Gasteiger partial charge on any atom is -0.322 e. The lowest BCUT2D eigenvalue weighted by Gasteiger charge is -2.09. The first kappa shape index (κ1) is 10.7. The Labute approximate surface area is 85.0 Å². The average molecular weight is 191 g/mol. The van der Waals surface area contributed by atoms with Gasteiger partial charge in [0, 0.05) is 6.20 Å². The minimum atomic E-state index is 0.467. The molecule has 0 aliphatic heterocycles. The first-order valence-corrected chi connectivity index (χ1v) is 4.78. The van der Waals surface area contributed by atoms with E-state index in [1.54, 1.807) is 0 Å². The van der Waals surface area contributed by atoms with Crippen molar-refractivity contribution in [2.75, 3.05) is 5.43 Å². The Balaban J connectivity index is 3.11. The summed E-state index contributed by atoms with van der Waals surface area (Å²) in [4.78, 5) is 4.33. The number of hydrogen-bond acceptors (Lipinski definition) is 3. The highest BCUT2D eigenvalue weighted by molar-refractivity contribution is 5.63. The van der Waals surface area contributed by atoms with Gasteiger partial charge in [0.1, 0.15) is 0 Å². The molecule has 0 saturated heterocycles. The van der Waals surface area contributed by atoms with Gasteiger partial charge in [0.2, 0.25) is 0 Å². The Hall–Kier alpha value is -1.35. The molecule has 0 saturated carbocycles. The normalized spacial score (nSPS) is 11.2. The molecule has 0 fully saturated rings. The summed E-state index contributed by atoms with van der Waals surface area (Å²) in [5.41, 5.74) is 5.59. The van der Waals surface area contributed by atoms with Crippen LogP contribution in [0.5, 0.6) is 0 Å². The molecule has 1 rings (SSSR count). The molecule has 3 nitrogen and oxygen atoms in total. The Bertz CT molecular complexity index is 329. The summed E-state index contributed by atoms with van der Waals surface area (Å²) in [6.07, 6.45) is 5.76. The zero-order chi connectivity index (χ0) is 10.6. The van der Waals surface area contributed by atoms with E-state index in [2.05, 4.69) is 24.3 Å². The minimum absolute atomic E-state index is 0.467. The molecule has 76 valence electrons. The molecule has 0 aliphatic rings. The van der Waals surface area contributed by atoms with Crippen molar-refractivity contribution in [3.8, 4) is 0 Å². The Morgan fingerprint density at radius 2 is 2.21 bits per heavy atom. The zero-order valence-corrected chi connectivity index (χ0v) is 8.91. The van der Waals surface area contributed by atoms with E-state index in [9.17, 15) is 0 Å². The second-order valence-corrected chi connectivity index (χ2v) is 3.50. The van der Waals surface area contributed by atoms with E-state index in [1.165, 1.54) is 5.56 Å². The monoisotopic (exact) mass is 191 g/mol. The summed E-state index contributed by atoms with van der Waals surface area (Å²) in [5, 5.41) is 0. The lowest BCUT2D eigenvalue weighted by Crippen LogP contribution is -2.09. The van der Waals surface area contributed by atoms with E-state index in [0.717, 1.165) is 11.4 Å². The van der Waals surface area contributed by atoms with Crippen molar-refractivity contribution in [1.82, 2.24) is 4.98 Å². The van der Waals surface area contributed by atoms with Crippen LogP contribution in [0.3, 0.4) is 0 Å². The number of hydrogen-bond donors (Lipinski definition) is 2. The van der Waals surface area contributed by atoms with E-state index in [0.29, 0.717) is 5.92 Å². The molecule has 0 bridgehead atoms. The smallest absolute Gasteiger partial charge is 0.0871 e. The Morgan fingerprint density at radius 3 is 2.71 bits per heavy atom. The van der Waals surface area contributed by atoms with Crippen molar-refractivity contribution in [2.45, 2.75) is 26.7 Å². The molecular formula is C11H17N3. The number of aromatic nitrogens is 1. The third-order valence-electron chi connectivity index (χ3n) is 2.09. The van der Waals surface area contributed by atoms with Gasteiger partial charge in [0.15, 0.2) is 0 Å². The average Bonchev–Trinajstić information content (AvgIpc) is 2.18. The van der Waals surface area contributed by atoms with Gasteiger partial charge < -0.3 is 5.43 Å². The van der Waals surface area contributed by atoms with Crippen LogP contribution in [0.15, 0.2) is 18.3 Å². The molecule has 1 aromatic heterocycles. The molecule has 3 heteroatoms. The maximum atomic E-state index is 5.43. The Morgan fingerprint density at radius 1 is 1.50 bits per heavy atom. The number of nitrogen functional groups attached to an aromatic ring is 1. The van der Waals surface area contributed by atoms with E-state index >= 15 is 0 Å². The molecule has 0 aliphatic carbocycles. The number of nitrogens with zero attached hydrogens (tertiary/aromatic N) is 1. The van der Waals surface area contributed by atoms with Crippen LogP contribution in [-0.2, 0) is 0 Å². The third-order valence-corrected chi connectivity index (χ3v) is 2.09. The number of nitrogens with two attached hydrogens (primary N) is 1. The molecule has 0 amide bonds. The molecule has 3 N–H and O–H groups in total. The standard InChI is InChI=1S/C11H17N3/c1-4-5-10-11(14-12)6-9(7-13-10)8(2)3/h4-8,14H,12H2,1-3H3/b5-4-. The van der Waals surface area contributed by atoms with Crippen LogP contribution in [0.25, 0.3) is 6.08 Å². The van der Waals surface area contributed by atoms with Crippen molar-refractivity contribution in [3.05, 3.63) is 29.6 Å². The molecule has 0 aromatic carbocycles. The van der Waals surface area contributed by atoms with Gasteiger partial charge in [-0.2, -0.15) is 0 Å². The summed E-state index contributed by atoms with van der Waals surface area (Å²) in [6.45, 7) is 6.22. The first-order valence-electron chi connectivity index (χ1n) is 4.78. The van der Waals surface area contributed by atoms with E-state index in [1.807, 2.05) is 31.3 Å². The van der Waals surface area contributed by atoms with Gasteiger partial charge in [-0.15, -0.1) is 0 Å². The maximum absolute atomic E-state index is 5.43. The third kappa shape index (κ3) is 2.33. The summed E-state index contributed by atoms with van der Waals surface area (Å²) in [5.74, 6) is 5.89. The topological polar surface area (TPSA) is 50.9 Å². The molecule has 0 atom stereocenters. The second kappa shape index (κ2) is 4.77. The largest absolute Gasteiger partial charge is 0.322 e. The molecular weight excluding hydrogens is 174 g/mol. The van der Waals surface area contributed by atoms with Crippen LogP contribution < -0.4 is 11.3 Å². The van der Waals surface area contributed by atoms with Gasteiger partial charge in [0.05, 0.1) is 11.4 Å². The summed E-state index contributed by atoms with van der Waals surface area (Å²) < 4.78 is 0. The van der Waals surface area contributed by atoms with Crippen LogP contribution in [-0.4, -0.2) is 4.98 Å². The Kier molecular flexibility index (Phi) is 3.65. The summed E-state index contributed by atoms with van der Waals surface area (Å²) in [7, 11) is 0. The SMILES string of the molecule is C/C=C\c1ncc(C(C)C)cc1NN. The fourth-order valence-corrected chi connectivity index (χ4v) is 1.21. The molecule has 0 unspecified atom stereocenters. The maximum Gasteiger partial charge on any atom is 0.0871 e. The summed E-state index contributed by atoms with van der Waals surface area (Å²) >= 11 is 0. The predicted octanol–water partition coefficient (Wildman–Crippen LogP) is 2.52. The van der Waals surface area contributed by atoms with E-state index < -0.39 is 0 Å². The fraction of sp³-hybridized carbons (Fsp3) is 0.364. The number of allylic oxidation sites excluding steroid dienone is 1. The van der Waals surface area contributed by atoms with E-state index in [-0.39, 0.29) is 0 Å². The molecule has 1 aromatic rings. The van der Waals surface area contributed by atoms with Crippen LogP contribution in [0.4, 0.5) is 5.69 Å². The van der Waals surface area contributed by atoms with Crippen LogP contribution in [0.2, 0.25) is 0 Å². The molecule has 14 heavy (non-hydrogen) atoms. The van der Waals surface area contributed by atoms with Crippen molar-refractivity contribution >= 4 is 11.8 Å². The molecule has 0 radical (unpaired) electrons. The summed E-state index contributed by atoms with van der Waals surface area (Å²) in [6, 6.07) is 2.03. The quantitative estimate of drug-likeness (QED) is 0.570. The molecule has 0 spiro atoms. The van der Waals surface area contributed by atoms with Crippen molar-refractivity contribution in [3.63, 3.8) is 0 Å². The van der Waals surface area contributed by atoms with Crippen LogP contribution in [0.1, 0.15) is 37.9 Å². The first-order chi connectivity index (χ1) is 6.69. The van der Waals surface area contributed by atoms with Gasteiger partial charge in [-0.1, -0.05) is 19.9 Å². The number of rotatable bonds is 3. The van der Waals surface area contributed by atoms with Crippen LogP contribution in [0, 0.1) is 0 Å². The van der Waals surface area contributed by atoms with Gasteiger partial charge in [-0.25, -0.2) is 0 Å². The second-order valence-electron chi connectivity index (χ2n) is 3.50. The van der Waals surface area contributed by atoms with Gasteiger partial charge in [-0.3, -0.25) is 10.8 Å². The van der Waals surface area contributed by atoms with E-state index in [4.69, 9.17) is 5.84 Å². The van der Waals surface area contributed by atoms with Crippen molar-refractivity contribution in [1.29, 1.82) is 0 Å². The number of nitrogens with one attached hydrogen (secondary N) is 1. The number of pyridine rings is 1. The number of anilines is 1. The predicted molar refractivity (Wildman–Crippen MR) is 60.8 cm³/mol. The van der Waals surface area contributed by atoms with Gasteiger partial charge >= 0.3 is 0 Å². The highest BCUT2D eigenvalue weighted by Crippen LogP contribution is 2.20. The number of hydrazine groups is 1. The van der Waals surface area contributed by atoms with Crippen LogP contribution >= 0.6 is 0 Å². The highest BCUT2D eigenvalue weighted by atomic mass is 15.2. The van der Waals surface area contributed by atoms with Gasteiger partial charge in [-0.05, 0) is 30.5 Å². The van der Waals surface area contributed by atoms with Gasteiger partial charge in [0.25, 0.3) is 0 Å². The highest BCUT2D eigenvalue weighted by Gasteiger charge is 2.04. The zero-order valence-electron chi connectivity index (χ0n) is 8.91. The van der Waals surface area contributed by atoms with Crippen molar-refractivity contribution in [2.24, 2.45) is 5.84 Å². The lowest BCUT2D eigenvalue weighted by molar-refractivity contribution is 0.857.